The zero-order valence-electron chi connectivity index (χ0n) is 17.3. The van der Waals surface area contributed by atoms with Crippen LogP contribution < -0.4 is 20.3 Å². The number of rotatable bonds is 7. The Morgan fingerprint density at radius 2 is 1.65 bits per heavy atom. The van der Waals surface area contributed by atoms with E-state index in [0.717, 1.165) is 33.4 Å². The normalized spacial score (nSPS) is 11.8. The largest absolute Gasteiger partial charge is 0.454 e. The minimum Gasteiger partial charge on any atom is -0.454 e. The number of aromatic nitrogens is 2. The molecule has 0 spiro atoms. The van der Waals surface area contributed by atoms with Crippen molar-refractivity contribution in [2.45, 2.75) is 24.8 Å². The number of carbonyl (C=O) groups excluding carboxylic acids is 1. The van der Waals surface area contributed by atoms with Gasteiger partial charge in [0.05, 0.1) is 5.70 Å². The van der Waals surface area contributed by atoms with Crippen molar-refractivity contribution in [3.63, 3.8) is 0 Å². The fourth-order valence-corrected chi connectivity index (χ4v) is 3.92. The van der Waals surface area contributed by atoms with Gasteiger partial charge in [0.25, 0.3) is 5.91 Å². The minimum absolute atomic E-state index is 0.210. The summed E-state index contributed by atoms with van der Waals surface area (Å²) >= 11 is 1.57. The minimum atomic E-state index is -0.251. The van der Waals surface area contributed by atoms with Crippen molar-refractivity contribution in [3.05, 3.63) is 83.2 Å². The van der Waals surface area contributed by atoms with Crippen LogP contribution in [-0.4, -0.2) is 22.7 Å². The third-order valence-corrected chi connectivity index (χ3v) is 5.51. The molecule has 0 fully saturated rings. The van der Waals surface area contributed by atoms with Gasteiger partial charge in [-0.15, -0.1) is 0 Å². The van der Waals surface area contributed by atoms with Crippen LogP contribution in [0, 0.1) is 13.8 Å². The van der Waals surface area contributed by atoms with Crippen molar-refractivity contribution < 1.29 is 14.3 Å². The van der Waals surface area contributed by atoms with E-state index in [1.165, 1.54) is 0 Å². The molecule has 1 aliphatic heterocycles. The van der Waals surface area contributed by atoms with Crippen molar-refractivity contribution in [3.8, 4) is 11.5 Å². The number of ether oxygens (including phenoxy) is 2. The number of carbonyl (C=O) groups is 1. The summed E-state index contributed by atoms with van der Waals surface area (Å²) < 4.78 is 10.7. The first-order chi connectivity index (χ1) is 15.0. The maximum atomic E-state index is 12.4. The van der Waals surface area contributed by atoms with Crippen LogP contribution in [0.1, 0.15) is 32.9 Å². The molecule has 0 radical (unpaired) electrons. The molecule has 3 aromatic rings. The summed E-state index contributed by atoms with van der Waals surface area (Å²) in [6, 6.07) is 14.9. The summed E-state index contributed by atoms with van der Waals surface area (Å²) in [4.78, 5) is 21.3. The Kier molecular flexibility index (Phi) is 6.08. The second-order valence-corrected chi connectivity index (χ2v) is 7.99. The lowest BCUT2D eigenvalue weighted by Gasteiger charge is -2.12. The molecule has 0 aliphatic carbocycles. The van der Waals surface area contributed by atoms with E-state index in [0.29, 0.717) is 22.8 Å². The standard InChI is InChI=1S/C23H22N4O3S/c1-14-10-15(2)25-23(24-14)31-12-17-4-6-18(7-5-17)22(28)27-26-16(3)19-8-9-20-21(11-19)30-13-29-20/h4-11,26H,3,12-13H2,1-2H3,(H,27,28). The highest BCUT2D eigenvalue weighted by molar-refractivity contribution is 7.98. The van der Waals surface area contributed by atoms with Gasteiger partial charge >= 0.3 is 0 Å². The summed E-state index contributed by atoms with van der Waals surface area (Å²) in [6.45, 7) is 8.09. The molecule has 0 atom stereocenters. The molecule has 0 saturated carbocycles. The molecule has 4 rings (SSSR count). The summed E-state index contributed by atoms with van der Waals surface area (Å²) in [7, 11) is 0. The van der Waals surface area contributed by atoms with Gasteiger partial charge in [0.15, 0.2) is 16.7 Å². The molecular formula is C23H22N4O3S. The van der Waals surface area contributed by atoms with E-state index in [2.05, 4.69) is 27.4 Å². The Bertz CT molecular complexity index is 1110. The highest BCUT2D eigenvalue weighted by Crippen LogP contribution is 2.33. The van der Waals surface area contributed by atoms with Gasteiger partial charge in [-0.2, -0.15) is 0 Å². The molecule has 8 heteroatoms. The maximum Gasteiger partial charge on any atom is 0.269 e. The van der Waals surface area contributed by atoms with E-state index >= 15 is 0 Å². The van der Waals surface area contributed by atoms with Crippen molar-refractivity contribution in [1.29, 1.82) is 0 Å². The van der Waals surface area contributed by atoms with Crippen LogP contribution in [0.2, 0.25) is 0 Å². The fraction of sp³-hybridized carbons (Fsp3) is 0.174. The van der Waals surface area contributed by atoms with Gasteiger partial charge in [0.2, 0.25) is 6.79 Å². The second-order valence-electron chi connectivity index (χ2n) is 7.04. The van der Waals surface area contributed by atoms with Crippen LogP contribution in [0.25, 0.3) is 5.70 Å². The zero-order valence-corrected chi connectivity index (χ0v) is 18.1. The van der Waals surface area contributed by atoms with E-state index in [-0.39, 0.29) is 12.7 Å². The van der Waals surface area contributed by atoms with Gasteiger partial charge in [-0.3, -0.25) is 15.6 Å². The number of fused-ring (bicyclic) bond motifs is 1. The van der Waals surface area contributed by atoms with E-state index in [4.69, 9.17) is 9.47 Å². The Labute approximate surface area is 184 Å². The third kappa shape index (κ3) is 5.16. The molecule has 0 unspecified atom stereocenters. The predicted molar refractivity (Wildman–Crippen MR) is 120 cm³/mol. The Morgan fingerprint density at radius 1 is 0.968 bits per heavy atom. The maximum absolute atomic E-state index is 12.4. The summed E-state index contributed by atoms with van der Waals surface area (Å²) in [5.41, 5.74) is 10.4. The first-order valence-corrected chi connectivity index (χ1v) is 10.7. The lowest BCUT2D eigenvalue weighted by molar-refractivity contribution is 0.0942. The number of nitrogens with zero attached hydrogens (tertiary/aromatic N) is 2. The average molecular weight is 435 g/mol. The second kappa shape index (κ2) is 9.09. The Morgan fingerprint density at radius 3 is 2.39 bits per heavy atom. The predicted octanol–water partition coefficient (Wildman–Crippen LogP) is 4.02. The number of benzene rings is 2. The fourth-order valence-electron chi connectivity index (χ4n) is 3.02. The van der Waals surface area contributed by atoms with Crippen LogP contribution in [0.5, 0.6) is 11.5 Å². The van der Waals surface area contributed by atoms with E-state index in [9.17, 15) is 4.79 Å². The number of hydrogen-bond acceptors (Lipinski definition) is 7. The topological polar surface area (TPSA) is 85.4 Å². The molecule has 31 heavy (non-hydrogen) atoms. The van der Waals surface area contributed by atoms with Gasteiger partial charge in [-0.05, 0) is 55.8 Å². The number of nitrogens with one attached hydrogen (secondary N) is 2. The van der Waals surface area contributed by atoms with Crippen molar-refractivity contribution >= 4 is 23.4 Å². The number of amides is 1. The Hall–Kier alpha value is -3.52. The molecule has 0 bridgehead atoms. The van der Waals surface area contributed by atoms with Crippen molar-refractivity contribution in [1.82, 2.24) is 20.8 Å². The monoisotopic (exact) mass is 434 g/mol. The van der Waals surface area contributed by atoms with Gasteiger partial charge in [0, 0.05) is 28.3 Å². The van der Waals surface area contributed by atoms with E-state index < -0.39 is 0 Å². The van der Waals surface area contributed by atoms with Crippen molar-refractivity contribution in [2.75, 3.05) is 6.79 Å². The lowest BCUT2D eigenvalue weighted by atomic mass is 10.1. The quantitative estimate of drug-likeness (QED) is 0.330. The van der Waals surface area contributed by atoms with Crippen LogP contribution in [0.4, 0.5) is 0 Å². The zero-order chi connectivity index (χ0) is 21.8. The molecule has 7 nitrogen and oxygen atoms in total. The SMILES string of the molecule is C=C(NNC(=O)c1ccc(CSc2nc(C)cc(C)n2)cc1)c1ccc2c(c1)OCO2. The lowest BCUT2D eigenvalue weighted by Crippen LogP contribution is -2.35. The Balaban J connectivity index is 1.30. The van der Waals surface area contributed by atoms with Crippen LogP contribution in [0.15, 0.2) is 60.3 Å². The first-order valence-electron chi connectivity index (χ1n) is 9.67. The van der Waals surface area contributed by atoms with Gasteiger partial charge in [-0.1, -0.05) is 30.5 Å². The van der Waals surface area contributed by atoms with Crippen molar-refractivity contribution in [2.24, 2.45) is 0 Å². The summed E-state index contributed by atoms with van der Waals surface area (Å²) in [5, 5.41) is 0.755. The molecule has 0 saturated heterocycles. The molecule has 2 heterocycles. The van der Waals surface area contributed by atoms with Crippen LogP contribution in [0.3, 0.4) is 0 Å². The smallest absolute Gasteiger partial charge is 0.269 e. The van der Waals surface area contributed by atoms with Gasteiger partial charge < -0.3 is 9.47 Å². The number of thioether (sulfide) groups is 1. The summed E-state index contributed by atoms with van der Waals surface area (Å²) in [5.74, 6) is 1.83. The summed E-state index contributed by atoms with van der Waals surface area (Å²) in [6.07, 6.45) is 0. The average Bonchev–Trinajstić information content (AvgIpc) is 3.23. The highest BCUT2D eigenvalue weighted by atomic mass is 32.2. The van der Waals surface area contributed by atoms with Gasteiger partial charge in [-0.25, -0.2) is 9.97 Å². The molecule has 2 aromatic carbocycles. The molecule has 1 aromatic heterocycles. The molecule has 158 valence electrons. The molecule has 1 amide bonds. The first kappa shape index (κ1) is 20.7. The third-order valence-electron chi connectivity index (χ3n) is 4.59. The number of hydrazine groups is 1. The van der Waals surface area contributed by atoms with E-state index in [1.54, 1.807) is 23.9 Å². The number of aryl methyl sites for hydroxylation is 2. The van der Waals surface area contributed by atoms with Crippen LogP contribution in [-0.2, 0) is 5.75 Å². The van der Waals surface area contributed by atoms with E-state index in [1.807, 2.05) is 50.2 Å². The molecule has 2 N–H and O–H groups in total. The van der Waals surface area contributed by atoms with Gasteiger partial charge in [0.1, 0.15) is 0 Å². The molecule has 1 aliphatic rings. The highest BCUT2D eigenvalue weighted by Gasteiger charge is 2.14. The van der Waals surface area contributed by atoms with Crippen LogP contribution >= 0.6 is 11.8 Å². The molecular weight excluding hydrogens is 412 g/mol. The number of hydrogen-bond donors (Lipinski definition) is 2.